The predicted molar refractivity (Wildman–Crippen MR) is 71.6 cm³/mol. The third-order valence-electron chi connectivity index (χ3n) is 3.60. The van der Waals surface area contributed by atoms with Gasteiger partial charge in [0.15, 0.2) is 0 Å². The number of likely N-dealkylation sites (N-methyl/N-ethyl adjacent to an activating group) is 1. The monoisotopic (exact) mass is 271 g/mol. The Morgan fingerprint density at radius 2 is 2.00 bits per heavy atom. The van der Waals surface area contributed by atoms with Crippen molar-refractivity contribution in [3.8, 4) is 0 Å². The molecule has 1 atom stereocenters. The van der Waals surface area contributed by atoms with E-state index in [0.29, 0.717) is 17.9 Å². The molecular formula is C13H25N3O3. The molecule has 0 unspecified atom stereocenters. The molecule has 1 heterocycles. The van der Waals surface area contributed by atoms with Crippen LogP contribution in [-0.2, 0) is 9.59 Å². The molecule has 0 bridgehead atoms. The lowest BCUT2D eigenvalue weighted by Crippen LogP contribution is -2.50. The summed E-state index contributed by atoms with van der Waals surface area (Å²) in [7, 11) is 2.04. The molecule has 0 radical (unpaired) electrons. The number of piperazine rings is 1. The van der Waals surface area contributed by atoms with Crippen molar-refractivity contribution in [2.24, 2.45) is 5.92 Å². The lowest BCUT2D eigenvalue weighted by Gasteiger charge is -2.35. The van der Waals surface area contributed by atoms with E-state index in [-0.39, 0.29) is 18.4 Å². The zero-order valence-corrected chi connectivity index (χ0v) is 11.9. The summed E-state index contributed by atoms with van der Waals surface area (Å²) < 4.78 is 0. The molecule has 1 aliphatic heterocycles. The maximum absolute atomic E-state index is 12.4. The molecule has 1 saturated heterocycles. The van der Waals surface area contributed by atoms with Crippen LogP contribution in [0, 0.1) is 5.92 Å². The lowest BCUT2D eigenvalue weighted by molar-refractivity contribution is -0.157. The highest BCUT2D eigenvalue weighted by atomic mass is 16.5. The fraction of sp³-hybridized carbons (Fsp3) is 0.846. The highest BCUT2D eigenvalue weighted by Crippen LogP contribution is 2.14. The summed E-state index contributed by atoms with van der Waals surface area (Å²) in [4.78, 5) is 27.0. The average Bonchev–Trinajstić information content (AvgIpc) is 2.43. The number of rotatable bonds is 7. The van der Waals surface area contributed by atoms with E-state index in [1.807, 2.05) is 11.9 Å². The molecule has 0 aromatic heterocycles. The topological polar surface area (TPSA) is 64.1 Å². The van der Waals surface area contributed by atoms with E-state index in [1.54, 1.807) is 0 Å². The van der Waals surface area contributed by atoms with Crippen LogP contribution in [0.4, 0.5) is 0 Å². The van der Waals surface area contributed by atoms with E-state index in [2.05, 4.69) is 11.8 Å². The molecule has 1 aliphatic rings. The van der Waals surface area contributed by atoms with Crippen molar-refractivity contribution in [2.45, 2.75) is 26.2 Å². The van der Waals surface area contributed by atoms with Crippen LogP contribution in [0.3, 0.4) is 0 Å². The fourth-order valence-corrected chi connectivity index (χ4v) is 2.30. The van der Waals surface area contributed by atoms with Crippen LogP contribution in [0.25, 0.3) is 0 Å². The Hall–Kier alpha value is -1.14. The third-order valence-corrected chi connectivity index (χ3v) is 3.60. The number of unbranched alkanes of at least 4 members (excludes halogenated alkanes) is 1. The second kappa shape index (κ2) is 8.12. The number of carbonyl (C=O) groups is 2. The van der Waals surface area contributed by atoms with Gasteiger partial charge in [0, 0.05) is 26.2 Å². The van der Waals surface area contributed by atoms with Crippen molar-refractivity contribution >= 4 is 12.3 Å². The Morgan fingerprint density at radius 3 is 2.53 bits per heavy atom. The molecule has 0 saturated carbocycles. The summed E-state index contributed by atoms with van der Waals surface area (Å²) in [5, 5.41) is 9.88. The first-order valence-electron chi connectivity index (χ1n) is 6.96. The van der Waals surface area contributed by atoms with Crippen LogP contribution in [0.5, 0.6) is 0 Å². The standard InChI is InChI=1S/C13H25N3O3/c1-3-4-5-12(10-16(19)11-17)13(18)15-8-6-14(2)7-9-15/h11-12,19H,3-10H2,1-2H3/t12-/m1/s1. The van der Waals surface area contributed by atoms with Gasteiger partial charge in [-0.15, -0.1) is 0 Å². The first-order chi connectivity index (χ1) is 9.08. The number of hydrogen-bond acceptors (Lipinski definition) is 4. The van der Waals surface area contributed by atoms with E-state index in [1.165, 1.54) is 0 Å². The molecule has 0 spiro atoms. The molecular weight excluding hydrogens is 246 g/mol. The van der Waals surface area contributed by atoms with Crippen molar-refractivity contribution in [1.82, 2.24) is 14.9 Å². The number of nitrogens with zero attached hydrogens (tertiary/aromatic N) is 3. The second-order valence-electron chi connectivity index (χ2n) is 5.20. The third kappa shape index (κ3) is 5.16. The van der Waals surface area contributed by atoms with Gasteiger partial charge >= 0.3 is 0 Å². The molecule has 1 rings (SSSR count). The highest BCUT2D eigenvalue weighted by Gasteiger charge is 2.27. The van der Waals surface area contributed by atoms with E-state index in [0.717, 1.165) is 39.0 Å². The van der Waals surface area contributed by atoms with Crippen molar-refractivity contribution in [2.75, 3.05) is 39.8 Å². The van der Waals surface area contributed by atoms with Gasteiger partial charge in [0.1, 0.15) is 0 Å². The van der Waals surface area contributed by atoms with Gasteiger partial charge in [-0.25, -0.2) is 5.06 Å². The highest BCUT2D eigenvalue weighted by molar-refractivity contribution is 5.79. The van der Waals surface area contributed by atoms with Crippen LogP contribution in [0.2, 0.25) is 0 Å². The number of hydrogen-bond donors (Lipinski definition) is 1. The van der Waals surface area contributed by atoms with Gasteiger partial charge in [0.05, 0.1) is 12.5 Å². The largest absolute Gasteiger partial charge is 0.340 e. The maximum atomic E-state index is 12.4. The zero-order chi connectivity index (χ0) is 14.3. The van der Waals surface area contributed by atoms with Crippen molar-refractivity contribution in [3.05, 3.63) is 0 Å². The summed E-state index contributed by atoms with van der Waals surface area (Å²) in [5.41, 5.74) is 0. The first-order valence-corrected chi connectivity index (χ1v) is 6.96. The smallest absolute Gasteiger partial charge is 0.233 e. The number of hydroxylamine groups is 2. The van der Waals surface area contributed by atoms with Crippen LogP contribution in [0.1, 0.15) is 26.2 Å². The maximum Gasteiger partial charge on any atom is 0.233 e. The molecule has 19 heavy (non-hydrogen) atoms. The van der Waals surface area contributed by atoms with E-state index in [4.69, 9.17) is 0 Å². The Bertz CT molecular complexity index is 291. The number of carbonyl (C=O) groups excluding carboxylic acids is 2. The summed E-state index contributed by atoms with van der Waals surface area (Å²) in [6, 6.07) is 0. The normalized spacial score (nSPS) is 18.2. The summed E-state index contributed by atoms with van der Waals surface area (Å²) in [5.74, 6) is -0.235. The number of amides is 2. The van der Waals surface area contributed by atoms with E-state index < -0.39 is 0 Å². The van der Waals surface area contributed by atoms with Crippen molar-refractivity contribution in [3.63, 3.8) is 0 Å². The molecule has 1 N–H and O–H groups in total. The molecule has 0 aliphatic carbocycles. The zero-order valence-electron chi connectivity index (χ0n) is 11.9. The SMILES string of the molecule is CCCC[C@H](CN(O)C=O)C(=O)N1CCN(C)CC1. The lowest BCUT2D eigenvalue weighted by atomic mass is 10.00. The van der Waals surface area contributed by atoms with Gasteiger partial charge in [-0.3, -0.25) is 14.8 Å². The summed E-state index contributed by atoms with van der Waals surface area (Å²) >= 11 is 0. The van der Waals surface area contributed by atoms with Crippen molar-refractivity contribution in [1.29, 1.82) is 0 Å². The Morgan fingerprint density at radius 1 is 1.37 bits per heavy atom. The van der Waals surface area contributed by atoms with Gasteiger partial charge in [0.2, 0.25) is 12.3 Å². The minimum absolute atomic E-state index is 0.0578. The second-order valence-corrected chi connectivity index (χ2v) is 5.20. The van der Waals surface area contributed by atoms with E-state index in [9.17, 15) is 14.8 Å². The van der Waals surface area contributed by atoms with Crippen molar-refractivity contribution < 1.29 is 14.8 Å². The summed E-state index contributed by atoms with van der Waals surface area (Å²) in [6.07, 6.45) is 3.00. The quantitative estimate of drug-likeness (QED) is 0.414. The van der Waals surface area contributed by atoms with Crippen LogP contribution in [0.15, 0.2) is 0 Å². The first kappa shape index (κ1) is 15.9. The molecule has 110 valence electrons. The Labute approximate surface area is 114 Å². The Balaban J connectivity index is 2.56. The predicted octanol–water partition coefficient (Wildman–Crippen LogP) is 0.414. The van der Waals surface area contributed by atoms with Gasteiger partial charge in [-0.2, -0.15) is 0 Å². The summed E-state index contributed by atoms with van der Waals surface area (Å²) in [6.45, 7) is 5.36. The minimum atomic E-state index is -0.293. The van der Waals surface area contributed by atoms with Gasteiger partial charge in [0.25, 0.3) is 0 Å². The molecule has 0 aromatic rings. The molecule has 0 aromatic carbocycles. The fourth-order valence-electron chi connectivity index (χ4n) is 2.30. The molecule has 2 amide bonds. The molecule has 6 nitrogen and oxygen atoms in total. The van der Waals surface area contributed by atoms with Crippen LogP contribution in [-0.4, -0.2) is 72.2 Å². The Kier molecular flexibility index (Phi) is 6.80. The van der Waals surface area contributed by atoms with Gasteiger partial charge in [-0.05, 0) is 13.5 Å². The molecule has 1 fully saturated rings. The van der Waals surface area contributed by atoms with E-state index >= 15 is 0 Å². The van der Waals surface area contributed by atoms with Crippen LogP contribution < -0.4 is 0 Å². The van der Waals surface area contributed by atoms with Gasteiger partial charge < -0.3 is 9.80 Å². The van der Waals surface area contributed by atoms with Crippen LogP contribution >= 0.6 is 0 Å². The average molecular weight is 271 g/mol. The van der Waals surface area contributed by atoms with Gasteiger partial charge in [-0.1, -0.05) is 19.8 Å². The minimum Gasteiger partial charge on any atom is -0.340 e. The molecule has 6 heteroatoms.